The lowest BCUT2D eigenvalue weighted by atomic mass is 10.2. The van der Waals surface area contributed by atoms with Gasteiger partial charge in [-0.1, -0.05) is 19.1 Å². The minimum Gasteiger partial charge on any atom is -0.507 e. The number of amides is 1. The van der Waals surface area contributed by atoms with E-state index in [1.165, 1.54) is 5.56 Å². The number of halogens is 1. The lowest BCUT2D eigenvalue weighted by molar-refractivity contribution is -0.118. The fraction of sp³-hybridized carbons (Fsp3) is 0.130. The number of hydrogen-bond acceptors (Lipinski definition) is 5. The molecule has 3 aromatic carbocycles. The van der Waals surface area contributed by atoms with Crippen molar-refractivity contribution in [2.24, 2.45) is 0 Å². The maximum atomic E-state index is 12.2. The van der Waals surface area contributed by atoms with Gasteiger partial charge in [0.1, 0.15) is 17.0 Å². The summed E-state index contributed by atoms with van der Waals surface area (Å²) >= 11 is 3.29. The Labute approximate surface area is 181 Å². The molecule has 0 fully saturated rings. The van der Waals surface area contributed by atoms with Gasteiger partial charge in [-0.05, 0) is 76.4 Å². The maximum Gasteiger partial charge on any atom is 0.262 e. The van der Waals surface area contributed by atoms with Crippen LogP contribution in [0.2, 0.25) is 0 Å². The van der Waals surface area contributed by atoms with Gasteiger partial charge in [-0.2, -0.15) is 0 Å². The van der Waals surface area contributed by atoms with E-state index in [4.69, 9.17) is 9.15 Å². The van der Waals surface area contributed by atoms with Crippen LogP contribution in [0.1, 0.15) is 12.5 Å². The highest BCUT2D eigenvalue weighted by atomic mass is 79.9. The Hall–Kier alpha value is -3.32. The standard InChI is InChI=1S/C23H19BrN2O4/c1-2-14-3-7-17(8-4-14)29-13-22(28)25-16-6-10-21-19(12-16)26-23(30-21)15-5-9-20(27)18(24)11-15/h3-12,27H,2,13H2,1H3,(H,25,28). The number of hydrogen-bond donors (Lipinski definition) is 2. The van der Waals surface area contributed by atoms with E-state index >= 15 is 0 Å². The van der Waals surface area contributed by atoms with E-state index in [-0.39, 0.29) is 18.3 Å². The monoisotopic (exact) mass is 466 g/mol. The highest BCUT2D eigenvalue weighted by Gasteiger charge is 2.12. The maximum absolute atomic E-state index is 12.2. The van der Waals surface area contributed by atoms with E-state index in [2.05, 4.69) is 33.2 Å². The van der Waals surface area contributed by atoms with E-state index in [0.29, 0.717) is 32.9 Å². The number of anilines is 1. The Balaban J connectivity index is 1.43. The molecule has 152 valence electrons. The second-order valence-corrected chi connectivity index (χ2v) is 7.56. The first-order valence-corrected chi connectivity index (χ1v) is 10.2. The fourth-order valence-corrected chi connectivity index (χ4v) is 3.31. The number of nitrogens with one attached hydrogen (secondary N) is 1. The lowest BCUT2D eigenvalue weighted by Gasteiger charge is -2.08. The van der Waals surface area contributed by atoms with Gasteiger partial charge in [0.25, 0.3) is 5.91 Å². The lowest BCUT2D eigenvalue weighted by Crippen LogP contribution is -2.20. The van der Waals surface area contributed by atoms with Gasteiger partial charge in [0.15, 0.2) is 12.2 Å². The predicted molar refractivity (Wildman–Crippen MR) is 119 cm³/mol. The van der Waals surface area contributed by atoms with Crippen LogP contribution in [0.25, 0.3) is 22.6 Å². The molecule has 1 amide bonds. The minimum absolute atomic E-state index is 0.0882. The van der Waals surface area contributed by atoms with Crippen molar-refractivity contribution in [3.05, 3.63) is 70.7 Å². The van der Waals surface area contributed by atoms with Gasteiger partial charge in [0.2, 0.25) is 5.89 Å². The number of nitrogens with zero attached hydrogens (tertiary/aromatic N) is 1. The zero-order valence-electron chi connectivity index (χ0n) is 16.2. The Morgan fingerprint density at radius 1 is 1.13 bits per heavy atom. The molecule has 0 aliphatic rings. The molecule has 0 radical (unpaired) electrons. The summed E-state index contributed by atoms with van der Waals surface area (Å²) < 4.78 is 11.9. The van der Waals surface area contributed by atoms with Gasteiger partial charge in [-0.25, -0.2) is 4.98 Å². The molecule has 1 aromatic heterocycles. The van der Waals surface area contributed by atoms with E-state index in [1.807, 2.05) is 24.3 Å². The predicted octanol–water partition coefficient (Wildman–Crippen LogP) is 5.54. The van der Waals surface area contributed by atoms with Crippen LogP contribution in [0.5, 0.6) is 11.5 Å². The van der Waals surface area contributed by atoms with Gasteiger partial charge < -0.3 is 19.6 Å². The van der Waals surface area contributed by atoms with E-state index in [0.717, 1.165) is 12.0 Å². The highest BCUT2D eigenvalue weighted by molar-refractivity contribution is 9.10. The number of carbonyl (C=O) groups is 1. The number of carbonyl (C=O) groups excluding carboxylic acids is 1. The summed E-state index contributed by atoms with van der Waals surface area (Å²) in [5.74, 6) is 0.954. The molecule has 0 saturated heterocycles. The Bertz CT molecular complexity index is 1200. The number of oxazole rings is 1. The number of aromatic hydroxyl groups is 1. The summed E-state index contributed by atoms with van der Waals surface area (Å²) in [6.45, 7) is 2.00. The normalized spacial score (nSPS) is 10.9. The Morgan fingerprint density at radius 2 is 1.93 bits per heavy atom. The number of rotatable bonds is 6. The van der Waals surface area contributed by atoms with Crippen LogP contribution in [-0.4, -0.2) is 22.6 Å². The highest BCUT2D eigenvalue weighted by Crippen LogP contribution is 2.31. The number of fused-ring (bicyclic) bond motifs is 1. The minimum atomic E-state index is -0.264. The van der Waals surface area contributed by atoms with Gasteiger partial charge in [0.05, 0.1) is 4.47 Å². The van der Waals surface area contributed by atoms with Crippen LogP contribution >= 0.6 is 15.9 Å². The van der Waals surface area contributed by atoms with Crippen molar-refractivity contribution in [2.75, 3.05) is 11.9 Å². The number of phenolic OH excluding ortho intramolecular Hbond substituents is 1. The van der Waals surface area contributed by atoms with E-state index in [1.54, 1.807) is 36.4 Å². The second kappa shape index (κ2) is 8.59. The second-order valence-electron chi connectivity index (χ2n) is 6.70. The summed E-state index contributed by atoms with van der Waals surface area (Å²) in [4.78, 5) is 16.7. The topological polar surface area (TPSA) is 84.6 Å². The SMILES string of the molecule is CCc1ccc(OCC(=O)Nc2ccc3oc(-c4ccc(O)c(Br)c4)nc3c2)cc1. The number of ether oxygens (including phenoxy) is 1. The van der Waals surface area contributed by atoms with Gasteiger partial charge in [0, 0.05) is 11.3 Å². The number of benzene rings is 3. The van der Waals surface area contributed by atoms with Crippen LogP contribution in [0.4, 0.5) is 5.69 Å². The third kappa shape index (κ3) is 4.46. The summed E-state index contributed by atoms with van der Waals surface area (Å²) in [5, 5.41) is 12.4. The zero-order valence-corrected chi connectivity index (χ0v) is 17.8. The molecule has 6 nitrogen and oxygen atoms in total. The molecule has 0 saturated carbocycles. The summed E-state index contributed by atoms with van der Waals surface area (Å²) in [6.07, 6.45) is 0.955. The van der Waals surface area contributed by atoms with Crippen molar-refractivity contribution < 1.29 is 19.1 Å². The molecule has 0 aliphatic heterocycles. The third-order valence-corrected chi connectivity index (χ3v) is 5.20. The molecular weight excluding hydrogens is 448 g/mol. The Morgan fingerprint density at radius 3 is 2.67 bits per heavy atom. The number of aromatic nitrogens is 1. The van der Waals surface area contributed by atoms with Crippen LogP contribution in [0.15, 0.2) is 69.6 Å². The summed E-state index contributed by atoms with van der Waals surface area (Å²) in [5.41, 5.74) is 3.75. The Kier molecular flexibility index (Phi) is 5.72. The molecule has 30 heavy (non-hydrogen) atoms. The van der Waals surface area contributed by atoms with Crippen molar-refractivity contribution in [1.82, 2.24) is 4.98 Å². The summed E-state index contributed by atoms with van der Waals surface area (Å²) in [7, 11) is 0. The van der Waals surface area contributed by atoms with Crippen LogP contribution in [0.3, 0.4) is 0 Å². The van der Waals surface area contributed by atoms with Crippen molar-refractivity contribution in [2.45, 2.75) is 13.3 Å². The fourth-order valence-electron chi connectivity index (χ4n) is 2.94. The first-order valence-electron chi connectivity index (χ1n) is 9.43. The molecule has 1 heterocycles. The molecule has 7 heteroatoms. The molecule has 2 N–H and O–H groups in total. The average Bonchev–Trinajstić information content (AvgIpc) is 3.18. The molecule has 4 rings (SSSR count). The van der Waals surface area contributed by atoms with Crippen LogP contribution < -0.4 is 10.1 Å². The van der Waals surface area contributed by atoms with Crippen molar-refractivity contribution in [3.63, 3.8) is 0 Å². The molecule has 0 atom stereocenters. The van der Waals surface area contributed by atoms with Gasteiger partial charge in [-0.15, -0.1) is 0 Å². The third-order valence-electron chi connectivity index (χ3n) is 4.57. The average molecular weight is 467 g/mol. The molecule has 0 bridgehead atoms. The van der Waals surface area contributed by atoms with Crippen LogP contribution in [-0.2, 0) is 11.2 Å². The van der Waals surface area contributed by atoms with Crippen molar-refractivity contribution in [1.29, 1.82) is 0 Å². The molecule has 0 unspecified atom stereocenters. The van der Waals surface area contributed by atoms with Crippen molar-refractivity contribution in [3.8, 4) is 23.0 Å². The first-order chi connectivity index (χ1) is 14.5. The van der Waals surface area contributed by atoms with Gasteiger partial charge >= 0.3 is 0 Å². The van der Waals surface area contributed by atoms with Crippen LogP contribution in [0, 0.1) is 0 Å². The number of aryl methyl sites for hydroxylation is 1. The van der Waals surface area contributed by atoms with Gasteiger partial charge in [-0.3, -0.25) is 4.79 Å². The first kappa shape index (κ1) is 20.0. The molecular formula is C23H19BrN2O4. The quantitative estimate of drug-likeness (QED) is 0.389. The van der Waals surface area contributed by atoms with E-state index < -0.39 is 0 Å². The smallest absolute Gasteiger partial charge is 0.262 e. The largest absolute Gasteiger partial charge is 0.507 e. The summed E-state index contributed by atoms with van der Waals surface area (Å²) in [6, 6.07) is 17.9. The van der Waals surface area contributed by atoms with E-state index in [9.17, 15) is 9.90 Å². The molecule has 0 aliphatic carbocycles. The molecule has 0 spiro atoms. The number of phenols is 1. The zero-order chi connectivity index (χ0) is 21.1. The van der Waals surface area contributed by atoms with Crippen molar-refractivity contribution >= 4 is 38.6 Å². The molecule has 4 aromatic rings.